The van der Waals surface area contributed by atoms with Crippen molar-refractivity contribution in [2.45, 2.75) is 6.92 Å². The zero-order valence-corrected chi connectivity index (χ0v) is 14.6. The van der Waals surface area contributed by atoms with Gasteiger partial charge in [0.05, 0.1) is 12.3 Å². The number of aromatic nitrogens is 1. The van der Waals surface area contributed by atoms with Crippen molar-refractivity contribution in [1.29, 1.82) is 10.5 Å². The first-order valence-corrected chi connectivity index (χ1v) is 8.29. The highest BCUT2D eigenvalue weighted by molar-refractivity contribution is 5.81. The minimum absolute atomic E-state index is 0.00971. The lowest BCUT2D eigenvalue weighted by molar-refractivity contribution is 0.340. The maximum Gasteiger partial charge on any atom is 0.275 e. The second-order valence-corrected chi connectivity index (χ2v) is 5.67. The summed E-state index contributed by atoms with van der Waals surface area (Å²) in [5.41, 5.74) is 6.88. The monoisotopic (exact) mass is 356 g/mol. The summed E-state index contributed by atoms with van der Waals surface area (Å²) >= 11 is 0. The summed E-state index contributed by atoms with van der Waals surface area (Å²) in [5, 5.41) is 19.3. The van der Waals surface area contributed by atoms with Gasteiger partial charge < -0.3 is 10.5 Å². The standard InChI is InChI=1S/C21H16N4O2/c1-2-27-16-10-8-15(9-11-16)25-20(24)17(12-22)19(18(13-23)21(25)26)14-6-4-3-5-7-14/h3-11H,2,24H2,1H3. The van der Waals surface area contributed by atoms with Crippen molar-refractivity contribution in [2.75, 3.05) is 12.3 Å². The first kappa shape index (κ1) is 17.8. The van der Waals surface area contributed by atoms with Gasteiger partial charge >= 0.3 is 0 Å². The molecule has 0 unspecified atom stereocenters. The average Bonchev–Trinajstić information content (AvgIpc) is 2.70. The van der Waals surface area contributed by atoms with Gasteiger partial charge in [-0.3, -0.25) is 9.36 Å². The van der Waals surface area contributed by atoms with Crippen LogP contribution in [0.1, 0.15) is 18.1 Å². The number of hydrogen-bond acceptors (Lipinski definition) is 5. The van der Waals surface area contributed by atoms with Crippen LogP contribution in [0.5, 0.6) is 5.75 Å². The molecule has 0 radical (unpaired) electrons. The number of ether oxygens (including phenoxy) is 1. The van der Waals surface area contributed by atoms with Crippen molar-refractivity contribution < 1.29 is 4.74 Å². The topological polar surface area (TPSA) is 105 Å². The van der Waals surface area contributed by atoms with Gasteiger partial charge in [-0.25, -0.2) is 0 Å². The molecule has 0 aliphatic heterocycles. The summed E-state index contributed by atoms with van der Waals surface area (Å²) < 4.78 is 6.58. The quantitative estimate of drug-likeness (QED) is 0.773. The predicted molar refractivity (Wildman–Crippen MR) is 102 cm³/mol. The molecule has 0 saturated carbocycles. The van der Waals surface area contributed by atoms with E-state index in [2.05, 4.69) is 0 Å². The Morgan fingerprint density at radius 3 is 2.19 bits per heavy atom. The molecule has 27 heavy (non-hydrogen) atoms. The normalized spacial score (nSPS) is 10.0. The Morgan fingerprint density at radius 2 is 1.63 bits per heavy atom. The van der Waals surface area contributed by atoms with Crippen molar-refractivity contribution in [3.05, 3.63) is 76.1 Å². The molecule has 6 heteroatoms. The third kappa shape index (κ3) is 3.12. The summed E-state index contributed by atoms with van der Waals surface area (Å²) in [6.45, 7) is 2.39. The summed E-state index contributed by atoms with van der Waals surface area (Å²) in [6, 6.07) is 19.5. The maximum absolute atomic E-state index is 13.0. The molecule has 2 aromatic carbocycles. The maximum atomic E-state index is 13.0. The van der Waals surface area contributed by atoms with Crippen molar-refractivity contribution in [3.63, 3.8) is 0 Å². The second kappa shape index (κ2) is 7.47. The number of hydrogen-bond donors (Lipinski definition) is 1. The highest BCUT2D eigenvalue weighted by atomic mass is 16.5. The van der Waals surface area contributed by atoms with Crippen LogP contribution in [0.4, 0.5) is 5.82 Å². The lowest BCUT2D eigenvalue weighted by atomic mass is 9.96. The second-order valence-electron chi connectivity index (χ2n) is 5.67. The fourth-order valence-electron chi connectivity index (χ4n) is 2.92. The van der Waals surface area contributed by atoms with Crippen molar-refractivity contribution in [1.82, 2.24) is 4.57 Å². The molecular formula is C21H16N4O2. The fraction of sp³-hybridized carbons (Fsp3) is 0.0952. The lowest BCUT2D eigenvalue weighted by Gasteiger charge is -2.16. The number of rotatable bonds is 4. The van der Waals surface area contributed by atoms with Crippen LogP contribution in [0.15, 0.2) is 59.4 Å². The van der Waals surface area contributed by atoms with Gasteiger partial charge in [-0.1, -0.05) is 30.3 Å². The molecule has 132 valence electrons. The molecule has 0 saturated heterocycles. The minimum atomic E-state index is -0.572. The predicted octanol–water partition coefficient (Wildman–Crippen LogP) is 3.23. The molecule has 0 atom stereocenters. The van der Waals surface area contributed by atoms with Crippen LogP contribution in [0.3, 0.4) is 0 Å². The molecule has 0 aliphatic carbocycles. The first-order valence-electron chi connectivity index (χ1n) is 8.29. The lowest BCUT2D eigenvalue weighted by Crippen LogP contribution is -2.26. The zero-order valence-electron chi connectivity index (χ0n) is 14.6. The smallest absolute Gasteiger partial charge is 0.275 e. The molecule has 3 aromatic rings. The molecule has 3 rings (SSSR count). The largest absolute Gasteiger partial charge is 0.494 e. The van der Waals surface area contributed by atoms with E-state index in [1.165, 1.54) is 4.57 Å². The number of nitrogens with zero attached hydrogens (tertiary/aromatic N) is 3. The van der Waals surface area contributed by atoms with E-state index >= 15 is 0 Å². The number of nitrogens with two attached hydrogens (primary N) is 1. The van der Waals surface area contributed by atoms with Gasteiger partial charge in [-0.15, -0.1) is 0 Å². The van der Waals surface area contributed by atoms with E-state index in [4.69, 9.17) is 10.5 Å². The highest BCUT2D eigenvalue weighted by Crippen LogP contribution is 2.30. The van der Waals surface area contributed by atoms with Crippen LogP contribution in [0, 0.1) is 22.7 Å². The third-order valence-corrected chi connectivity index (χ3v) is 4.11. The molecule has 0 amide bonds. The van der Waals surface area contributed by atoms with Gasteiger partial charge in [0.15, 0.2) is 0 Å². The molecule has 1 aromatic heterocycles. The Kier molecular flexibility index (Phi) is 4.92. The molecule has 0 bridgehead atoms. The van der Waals surface area contributed by atoms with E-state index in [0.29, 0.717) is 23.6 Å². The van der Waals surface area contributed by atoms with E-state index in [1.807, 2.05) is 25.1 Å². The molecule has 1 heterocycles. The molecule has 6 nitrogen and oxygen atoms in total. The van der Waals surface area contributed by atoms with Crippen LogP contribution >= 0.6 is 0 Å². The molecule has 0 spiro atoms. The van der Waals surface area contributed by atoms with Crippen molar-refractivity contribution in [2.24, 2.45) is 0 Å². The average molecular weight is 356 g/mol. The number of anilines is 1. The number of nitrogen functional groups attached to an aromatic ring is 1. The van der Waals surface area contributed by atoms with E-state index in [0.717, 1.165) is 0 Å². The number of pyridine rings is 1. The Morgan fingerprint density at radius 1 is 1.00 bits per heavy atom. The number of nitriles is 2. The Labute approximate surface area is 156 Å². The van der Waals surface area contributed by atoms with Gasteiger partial charge in [0.1, 0.15) is 34.8 Å². The van der Waals surface area contributed by atoms with E-state index < -0.39 is 5.56 Å². The van der Waals surface area contributed by atoms with Crippen molar-refractivity contribution in [3.8, 4) is 34.7 Å². The van der Waals surface area contributed by atoms with Crippen LogP contribution < -0.4 is 16.0 Å². The molecule has 0 fully saturated rings. The minimum Gasteiger partial charge on any atom is -0.494 e. The SMILES string of the molecule is CCOc1ccc(-n2c(N)c(C#N)c(-c3ccccc3)c(C#N)c2=O)cc1. The summed E-state index contributed by atoms with van der Waals surface area (Å²) in [6.07, 6.45) is 0. The van der Waals surface area contributed by atoms with E-state index in [9.17, 15) is 15.3 Å². The van der Waals surface area contributed by atoms with E-state index in [1.54, 1.807) is 48.5 Å². The zero-order chi connectivity index (χ0) is 19.4. The van der Waals surface area contributed by atoms with Crippen LogP contribution in [-0.4, -0.2) is 11.2 Å². The number of benzene rings is 2. The third-order valence-electron chi connectivity index (χ3n) is 4.11. The first-order chi connectivity index (χ1) is 13.1. The fourth-order valence-corrected chi connectivity index (χ4v) is 2.92. The summed E-state index contributed by atoms with van der Waals surface area (Å²) in [4.78, 5) is 13.0. The molecule has 2 N–H and O–H groups in total. The van der Waals surface area contributed by atoms with Gasteiger partial charge in [0.25, 0.3) is 5.56 Å². The highest BCUT2D eigenvalue weighted by Gasteiger charge is 2.22. The summed E-state index contributed by atoms with van der Waals surface area (Å²) in [5.74, 6) is 0.638. The molecule has 0 aliphatic rings. The van der Waals surface area contributed by atoms with Crippen LogP contribution in [0.25, 0.3) is 16.8 Å². The van der Waals surface area contributed by atoms with Gasteiger partial charge in [0.2, 0.25) is 0 Å². The van der Waals surface area contributed by atoms with Crippen LogP contribution in [0.2, 0.25) is 0 Å². The van der Waals surface area contributed by atoms with E-state index in [-0.39, 0.29) is 22.5 Å². The van der Waals surface area contributed by atoms with Crippen molar-refractivity contribution >= 4 is 5.82 Å². The van der Waals surface area contributed by atoms with Gasteiger partial charge in [-0.05, 0) is 36.8 Å². The Balaban J connectivity index is 2.31. The van der Waals surface area contributed by atoms with Crippen LogP contribution in [-0.2, 0) is 0 Å². The Bertz CT molecular complexity index is 1120. The summed E-state index contributed by atoms with van der Waals surface area (Å²) in [7, 11) is 0. The van der Waals surface area contributed by atoms with Gasteiger partial charge in [0, 0.05) is 5.56 Å². The molecular weight excluding hydrogens is 340 g/mol. The Hall–Kier alpha value is -4.03. The van der Waals surface area contributed by atoms with Gasteiger partial charge in [-0.2, -0.15) is 10.5 Å².